The molecule has 2 heterocycles. The van der Waals surface area contributed by atoms with Gasteiger partial charge in [0.1, 0.15) is 17.1 Å². The topological polar surface area (TPSA) is 160 Å². The summed E-state index contributed by atoms with van der Waals surface area (Å²) in [4.78, 5) is 8.17. The van der Waals surface area contributed by atoms with Gasteiger partial charge >= 0.3 is 29.6 Å². The van der Waals surface area contributed by atoms with Gasteiger partial charge in [0, 0.05) is 34.4 Å². The van der Waals surface area contributed by atoms with E-state index >= 15 is 0 Å². The van der Waals surface area contributed by atoms with Gasteiger partial charge in [0.2, 0.25) is 5.82 Å². The molecular weight excluding hydrogens is 535 g/mol. The van der Waals surface area contributed by atoms with Crippen LogP contribution in [-0.4, -0.2) is 75.7 Å². The SMILES string of the molecule is O=S(=O)(O)c1ccc(-c2nnc(-c3ccccn3)nc2-c2ccc(S(=O)(=O)O)cc2)cc1.[Fe].[NaH]. The van der Waals surface area contributed by atoms with Gasteiger partial charge in [0.25, 0.3) is 20.2 Å². The van der Waals surface area contributed by atoms with Crippen LogP contribution in [0, 0.1) is 0 Å². The zero-order valence-electron chi connectivity index (χ0n) is 16.4. The molecule has 0 atom stereocenters. The average Bonchev–Trinajstić information content (AvgIpc) is 2.78. The minimum absolute atomic E-state index is 0. The summed E-state index contributed by atoms with van der Waals surface area (Å²) in [6.45, 7) is 0. The predicted molar refractivity (Wildman–Crippen MR) is 121 cm³/mol. The molecule has 2 aromatic carbocycles. The summed E-state index contributed by atoms with van der Waals surface area (Å²) in [6.07, 6.45) is 1.57. The van der Waals surface area contributed by atoms with Crippen LogP contribution in [0.2, 0.25) is 0 Å². The van der Waals surface area contributed by atoms with Crippen molar-refractivity contribution < 1.29 is 43.0 Å². The van der Waals surface area contributed by atoms with E-state index in [1.165, 1.54) is 48.5 Å². The van der Waals surface area contributed by atoms with Gasteiger partial charge in [-0.2, -0.15) is 16.8 Å². The van der Waals surface area contributed by atoms with E-state index in [0.717, 1.165) is 0 Å². The molecule has 0 radical (unpaired) electrons. The van der Waals surface area contributed by atoms with Gasteiger partial charge in [0.15, 0.2) is 0 Å². The van der Waals surface area contributed by atoms with E-state index in [1.807, 2.05) is 0 Å². The molecule has 0 bridgehead atoms. The zero-order chi connectivity index (χ0) is 22.9. The van der Waals surface area contributed by atoms with Crippen molar-refractivity contribution in [3.05, 3.63) is 72.9 Å². The fraction of sp³-hybridized carbons (Fsp3) is 0. The minimum atomic E-state index is -4.37. The third-order valence-corrected chi connectivity index (χ3v) is 6.17. The van der Waals surface area contributed by atoms with Crippen molar-refractivity contribution in [1.82, 2.24) is 20.2 Å². The molecule has 172 valence electrons. The molecule has 0 amide bonds. The standard InChI is InChI=1S/C20H14N4O6S2.Fe.Na.H/c25-31(26,27)15-8-4-13(5-9-15)18-19(14-6-10-16(11-7-14)32(28,29)30)23-24-20(22-18)17-3-1-2-12-21-17;;;/h1-12H,(H,25,26,27)(H,28,29,30);;;. The van der Waals surface area contributed by atoms with E-state index < -0.39 is 20.2 Å². The number of benzene rings is 2. The van der Waals surface area contributed by atoms with Gasteiger partial charge in [-0.1, -0.05) is 30.3 Å². The van der Waals surface area contributed by atoms with Crippen LogP contribution in [0.25, 0.3) is 34.0 Å². The second-order valence-corrected chi connectivity index (χ2v) is 9.39. The van der Waals surface area contributed by atoms with E-state index in [0.29, 0.717) is 22.5 Å². The van der Waals surface area contributed by atoms with Crippen LogP contribution in [0.5, 0.6) is 0 Å². The Kier molecular flexibility index (Phi) is 9.22. The molecule has 0 aliphatic rings. The molecule has 2 aromatic heterocycles. The Hall–Kier alpha value is -2.06. The predicted octanol–water partition coefficient (Wildman–Crippen LogP) is 2.11. The third-order valence-electron chi connectivity index (χ3n) is 4.43. The Balaban J connectivity index is 0.00000204. The van der Waals surface area contributed by atoms with Crippen LogP contribution in [-0.2, 0) is 37.3 Å². The van der Waals surface area contributed by atoms with Crippen LogP contribution < -0.4 is 0 Å². The Morgan fingerprint density at radius 1 is 0.647 bits per heavy atom. The summed E-state index contributed by atoms with van der Waals surface area (Å²) in [5, 5.41) is 8.34. The van der Waals surface area contributed by atoms with Gasteiger partial charge in [-0.05, 0) is 36.4 Å². The number of nitrogens with zero attached hydrogens (tertiary/aromatic N) is 4. The van der Waals surface area contributed by atoms with Crippen LogP contribution in [0.4, 0.5) is 0 Å². The third kappa shape index (κ3) is 6.33. The monoisotopic (exact) mass is 550 g/mol. The van der Waals surface area contributed by atoms with E-state index in [-0.39, 0.29) is 67.9 Å². The molecule has 4 aromatic rings. The van der Waals surface area contributed by atoms with Crippen molar-refractivity contribution in [2.45, 2.75) is 9.79 Å². The molecule has 2 N–H and O–H groups in total. The van der Waals surface area contributed by atoms with E-state index in [2.05, 4.69) is 20.2 Å². The van der Waals surface area contributed by atoms with Crippen molar-refractivity contribution in [1.29, 1.82) is 0 Å². The quantitative estimate of drug-likeness (QED) is 0.278. The molecule has 0 fully saturated rings. The molecule has 14 heteroatoms. The van der Waals surface area contributed by atoms with Crippen LogP contribution >= 0.6 is 0 Å². The zero-order valence-corrected chi connectivity index (χ0v) is 19.2. The summed E-state index contributed by atoms with van der Waals surface area (Å²) in [6, 6.07) is 15.8. The van der Waals surface area contributed by atoms with Crippen molar-refractivity contribution in [3.8, 4) is 34.0 Å². The fourth-order valence-electron chi connectivity index (χ4n) is 2.89. The summed E-state index contributed by atoms with van der Waals surface area (Å²) in [5.41, 5.74) is 1.99. The Bertz CT molecular complexity index is 1500. The molecule has 0 saturated heterocycles. The van der Waals surface area contributed by atoms with Gasteiger partial charge in [-0.3, -0.25) is 14.1 Å². The second-order valence-electron chi connectivity index (χ2n) is 6.55. The number of hydrogen-bond acceptors (Lipinski definition) is 8. The molecule has 0 saturated carbocycles. The van der Waals surface area contributed by atoms with Crippen molar-refractivity contribution in [2.24, 2.45) is 0 Å². The maximum atomic E-state index is 11.4. The van der Waals surface area contributed by atoms with Crippen molar-refractivity contribution in [3.63, 3.8) is 0 Å². The van der Waals surface area contributed by atoms with Gasteiger partial charge in [-0.15, -0.1) is 10.2 Å². The first-order valence-electron chi connectivity index (χ1n) is 8.95. The van der Waals surface area contributed by atoms with E-state index in [9.17, 15) is 25.9 Å². The molecule has 10 nitrogen and oxygen atoms in total. The number of pyridine rings is 1. The molecule has 34 heavy (non-hydrogen) atoms. The first kappa shape index (κ1) is 28.2. The van der Waals surface area contributed by atoms with Crippen molar-refractivity contribution in [2.75, 3.05) is 0 Å². The Morgan fingerprint density at radius 2 is 1.15 bits per heavy atom. The normalized spacial score (nSPS) is 11.2. The van der Waals surface area contributed by atoms with Gasteiger partial charge in [-0.25, -0.2) is 4.98 Å². The Labute approximate surface area is 228 Å². The maximum absolute atomic E-state index is 11.4. The van der Waals surface area contributed by atoms with Crippen LogP contribution in [0.1, 0.15) is 0 Å². The molecule has 0 unspecified atom stereocenters. The second kappa shape index (κ2) is 11.1. The molecule has 0 aliphatic heterocycles. The molecule has 0 aliphatic carbocycles. The molecule has 4 rings (SSSR count). The van der Waals surface area contributed by atoms with Crippen molar-refractivity contribution >= 4 is 49.8 Å². The van der Waals surface area contributed by atoms with Gasteiger partial charge in [0.05, 0.1) is 9.79 Å². The average molecular weight is 550 g/mol. The summed E-state index contributed by atoms with van der Waals surface area (Å²) < 4.78 is 63.8. The Morgan fingerprint density at radius 3 is 1.59 bits per heavy atom. The number of rotatable bonds is 5. The van der Waals surface area contributed by atoms with Crippen LogP contribution in [0.15, 0.2) is 82.7 Å². The fourth-order valence-corrected chi connectivity index (χ4v) is 3.85. The summed E-state index contributed by atoms with van der Waals surface area (Å²) in [7, 11) is -8.74. The first-order valence-corrected chi connectivity index (χ1v) is 11.8. The summed E-state index contributed by atoms with van der Waals surface area (Å²) in [5.74, 6) is 0.220. The number of hydrogen-bond donors (Lipinski definition) is 2. The molecule has 0 spiro atoms. The number of aromatic nitrogens is 4. The first-order chi connectivity index (χ1) is 15.1. The van der Waals surface area contributed by atoms with E-state index in [1.54, 1.807) is 24.4 Å². The summed E-state index contributed by atoms with van der Waals surface area (Å²) >= 11 is 0. The van der Waals surface area contributed by atoms with Gasteiger partial charge < -0.3 is 0 Å². The van der Waals surface area contributed by atoms with E-state index in [4.69, 9.17) is 0 Å². The van der Waals surface area contributed by atoms with Crippen LogP contribution in [0.3, 0.4) is 0 Å². The molecular formula is C20H15FeN4NaO6S2.